The summed E-state index contributed by atoms with van der Waals surface area (Å²) in [7, 11) is 0. The van der Waals surface area contributed by atoms with E-state index in [9.17, 15) is 9.90 Å². The van der Waals surface area contributed by atoms with E-state index in [1.165, 1.54) is 0 Å². The number of hydrazone groups is 1. The number of carbonyl (C=O) groups excluding carboxylic acids is 1. The Morgan fingerprint density at radius 3 is 3.00 bits per heavy atom. The maximum Gasteiger partial charge on any atom is 0.211 e. The fourth-order valence-electron chi connectivity index (χ4n) is 2.54. The van der Waals surface area contributed by atoms with Gasteiger partial charge in [0, 0.05) is 22.2 Å². The van der Waals surface area contributed by atoms with Gasteiger partial charge in [-0.1, -0.05) is 11.6 Å². The van der Waals surface area contributed by atoms with Gasteiger partial charge in [-0.2, -0.15) is 5.10 Å². The van der Waals surface area contributed by atoms with Gasteiger partial charge in [-0.15, -0.1) is 0 Å². The number of nitrogens with two attached hydrogens (primary N) is 1. The average molecular weight is 311 g/mol. The third kappa shape index (κ3) is 3.53. The summed E-state index contributed by atoms with van der Waals surface area (Å²) in [4.78, 5) is 10.7. The fourth-order valence-corrected chi connectivity index (χ4v) is 2.71. The summed E-state index contributed by atoms with van der Waals surface area (Å²) in [5.41, 5.74) is 10.7. The zero-order chi connectivity index (χ0) is 15.2. The number of nitrogens with one attached hydrogen (secondary N) is 2. The predicted octanol–water partition coefficient (Wildman–Crippen LogP) is 0.932. The number of carbonyl (C=O) groups is 1. The Morgan fingerprint density at radius 2 is 2.33 bits per heavy atom. The lowest BCUT2D eigenvalue weighted by Gasteiger charge is -2.20. The van der Waals surface area contributed by atoms with Crippen molar-refractivity contribution in [2.45, 2.75) is 18.9 Å². The van der Waals surface area contributed by atoms with Gasteiger partial charge in [-0.25, -0.2) is 0 Å². The number of halogens is 1. The summed E-state index contributed by atoms with van der Waals surface area (Å²) < 4.78 is 0. The summed E-state index contributed by atoms with van der Waals surface area (Å²) in [5.74, 6) is 0.0317. The number of rotatable bonds is 7. The zero-order valence-corrected chi connectivity index (χ0v) is 12.3. The minimum atomic E-state index is -0.144. The molecule has 2 atom stereocenters. The molecule has 0 saturated heterocycles. The van der Waals surface area contributed by atoms with Gasteiger partial charge in [0.15, 0.2) is 0 Å². The van der Waals surface area contributed by atoms with Gasteiger partial charge in [0.05, 0.1) is 18.4 Å². The molecule has 1 aliphatic rings. The van der Waals surface area contributed by atoms with E-state index >= 15 is 0 Å². The van der Waals surface area contributed by atoms with Gasteiger partial charge in [0.25, 0.3) is 0 Å². The van der Waals surface area contributed by atoms with Crippen LogP contribution in [0, 0.1) is 5.92 Å². The van der Waals surface area contributed by atoms with E-state index in [4.69, 9.17) is 17.3 Å². The van der Waals surface area contributed by atoms with Gasteiger partial charge in [-0.05, 0) is 37.6 Å². The highest BCUT2D eigenvalue weighted by atomic mass is 35.5. The molecule has 2 unspecified atom stereocenters. The van der Waals surface area contributed by atoms with Gasteiger partial charge >= 0.3 is 0 Å². The number of amides is 1. The quantitative estimate of drug-likeness (QED) is 0.563. The number of aliphatic hydroxyl groups excluding tert-OH is 1. The van der Waals surface area contributed by atoms with Crippen LogP contribution in [-0.2, 0) is 4.79 Å². The summed E-state index contributed by atoms with van der Waals surface area (Å²) in [6, 6.07) is 5.07. The zero-order valence-electron chi connectivity index (χ0n) is 11.6. The Labute approximate surface area is 128 Å². The molecule has 0 radical (unpaired) electrons. The summed E-state index contributed by atoms with van der Waals surface area (Å²) in [5, 5.41) is 17.0. The molecular formula is C14H19ClN4O2. The van der Waals surface area contributed by atoms with Gasteiger partial charge < -0.3 is 21.6 Å². The van der Waals surface area contributed by atoms with Crippen LogP contribution >= 0.6 is 11.6 Å². The van der Waals surface area contributed by atoms with E-state index in [0.29, 0.717) is 23.7 Å². The lowest BCUT2D eigenvalue weighted by Crippen LogP contribution is -2.33. The van der Waals surface area contributed by atoms with Crippen molar-refractivity contribution < 1.29 is 9.90 Å². The molecule has 1 aromatic carbocycles. The van der Waals surface area contributed by atoms with Crippen LogP contribution in [0.1, 0.15) is 18.4 Å². The third-order valence-corrected chi connectivity index (χ3v) is 3.81. The van der Waals surface area contributed by atoms with Crippen LogP contribution in [-0.4, -0.2) is 36.4 Å². The highest BCUT2D eigenvalue weighted by molar-refractivity contribution is 6.31. The molecule has 0 fully saturated rings. The number of hydrogen-bond donors (Lipinski definition) is 4. The average Bonchev–Trinajstić information content (AvgIpc) is 2.89. The first-order valence-corrected chi connectivity index (χ1v) is 7.23. The number of hydrogen-bond acceptors (Lipinski definition) is 5. The monoisotopic (exact) mass is 310 g/mol. The molecule has 0 spiro atoms. The van der Waals surface area contributed by atoms with Crippen molar-refractivity contribution in [3.8, 4) is 0 Å². The van der Waals surface area contributed by atoms with Gasteiger partial charge in [-0.3, -0.25) is 4.79 Å². The lowest BCUT2D eigenvalue weighted by molar-refractivity contribution is -0.105. The standard InChI is InChI=1S/C14H19ClN4O2/c15-9-3-4-12(17-8-21)11(6-9)14-10(2-1-5-16)13(7-20)18-19-14/h3-4,6,8,10,13,18,20H,1-2,5,7,16H2,(H,17,21). The Hall–Kier alpha value is -1.63. The molecule has 114 valence electrons. The summed E-state index contributed by atoms with van der Waals surface area (Å²) in [6.07, 6.45) is 2.26. The molecule has 0 aromatic heterocycles. The topological polar surface area (TPSA) is 99.7 Å². The Morgan fingerprint density at radius 1 is 1.52 bits per heavy atom. The van der Waals surface area contributed by atoms with Crippen LogP contribution in [0.5, 0.6) is 0 Å². The molecule has 2 rings (SSSR count). The number of nitrogens with zero attached hydrogens (tertiary/aromatic N) is 1. The highest BCUT2D eigenvalue weighted by Gasteiger charge is 2.32. The van der Waals surface area contributed by atoms with E-state index in [-0.39, 0.29) is 18.6 Å². The third-order valence-electron chi connectivity index (χ3n) is 3.58. The first-order valence-electron chi connectivity index (χ1n) is 6.85. The number of aliphatic hydroxyl groups is 1. The molecule has 1 aliphatic heterocycles. The summed E-state index contributed by atoms with van der Waals surface area (Å²) in [6.45, 7) is 0.566. The normalized spacial score (nSPS) is 20.8. The summed E-state index contributed by atoms with van der Waals surface area (Å²) >= 11 is 6.06. The minimum Gasteiger partial charge on any atom is -0.394 e. The molecular weight excluding hydrogens is 292 g/mol. The second-order valence-corrected chi connectivity index (χ2v) is 5.34. The van der Waals surface area contributed by atoms with E-state index in [2.05, 4.69) is 15.8 Å². The van der Waals surface area contributed by atoms with Crippen molar-refractivity contribution in [2.75, 3.05) is 18.5 Å². The molecule has 1 aromatic rings. The van der Waals surface area contributed by atoms with Crippen molar-refractivity contribution in [2.24, 2.45) is 16.8 Å². The van der Waals surface area contributed by atoms with Crippen molar-refractivity contribution >= 4 is 29.4 Å². The van der Waals surface area contributed by atoms with E-state index in [0.717, 1.165) is 24.1 Å². The molecule has 0 aliphatic carbocycles. The molecule has 1 amide bonds. The van der Waals surface area contributed by atoms with Crippen molar-refractivity contribution in [1.82, 2.24) is 5.43 Å². The lowest BCUT2D eigenvalue weighted by atomic mass is 9.87. The molecule has 0 bridgehead atoms. The Kier molecular flexibility index (Phi) is 5.55. The maximum absolute atomic E-state index is 10.7. The largest absolute Gasteiger partial charge is 0.394 e. The second kappa shape index (κ2) is 7.40. The first-order chi connectivity index (χ1) is 10.2. The van der Waals surface area contributed by atoms with Crippen LogP contribution in [0.15, 0.2) is 23.3 Å². The van der Waals surface area contributed by atoms with Crippen LogP contribution in [0.3, 0.4) is 0 Å². The molecule has 1 heterocycles. The molecule has 21 heavy (non-hydrogen) atoms. The van der Waals surface area contributed by atoms with Crippen LogP contribution in [0.25, 0.3) is 0 Å². The van der Waals surface area contributed by atoms with E-state index < -0.39 is 0 Å². The second-order valence-electron chi connectivity index (χ2n) is 4.90. The number of benzene rings is 1. The SMILES string of the molecule is NCCCC1C(c2cc(Cl)ccc2NC=O)=NNC1CO. The predicted molar refractivity (Wildman–Crippen MR) is 83.5 cm³/mol. The maximum atomic E-state index is 10.7. The highest BCUT2D eigenvalue weighted by Crippen LogP contribution is 2.29. The molecule has 0 saturated carbocycles. The minimum absolute atomic E-state index is 0.0146. The molecule has 5 N–H and O–H groups in total. The molecule has 7 heteroatoms. The van der Waals surface area contributed by atoms with Crippen LogP contribution in [0.4, 0.5) is 5.69 Å². The molecule has 6 nitrogen and oxygen atoms in total. The van der Waals surface area contributed by atoms with E-state index in [1.54, 1.807) is 18.2 Å². The van der Waals surface area contributed by atoms with Crippen LogP contribution in [0.2, 0.25) is 5.02 Å². The van der Waals surface area contributed by atoms with Crippen LogP contribution < -0.4 is 16.5 Å². The smallest absolute Gasteiger partial charge is 0.211 e. The number of anilines is 1. The fraction of sp³-hybridized carbons (Fsp3) is 0.429. The van der Waals surface area contributed by atoms with Gasteiger partial charge in [0.2, 0.25) is 6.41 Å². The Bertz CT molecular complexity index is 536. The van der Waals surface area contributed by atoms with Gasteiger partial charge in [0.1, 0.15) is 0 Å². The van der Waals surface area contributed by atoms with E-state index in [1.807, 2.05) is 0 Å². The van der Waals surface area contributed by atoms with Crippen molar-refractivity contribution in [1.29, 1.82) is 0 Å². The van der Waals surface area contributed by atoms with Crippen molar-refractivity contribution in [3.63, 3.8) is 0 Å². The Balaban J connectivity index is 2.34. The first kappa shape index (κ1) is 15.8. The van der Waals surface area contributed by atoms with Crippen molar-refractivity contribution in [3.05, 3.63) is 28.8 Å².